The number of carbonyl (C=O) groups excluding carboxylic acids is 2. The molecule has 1 amide bonds. The monoisotopic (exact) mass is 581 g/mol. The average molecular weight is 582 g/mol. The van der Waals surface area contributed by atoms with Crippen LogP contribution < -0.4 is 14.8 Å². The topological polar surface area (TPSA) is 124 Å². The lowest BCUT2D eigenvalue weighted by Crippen LogP contribution is -2.42. The first-order valence-corrected chi connectivity index (χ1v) is 15.5. The van der Waals surface area contributed by atoms with Gasteiger partial charge < -0.3 is 14.8 Å². The van der Waals surface area contributed by atoms with Crippen LogP contribution in [0.4, 0.5) is 0 Å². The number of hydrogen-bond acceptors (Lipinski definition) is 7. The number of aromatic nitrogens is 1. The lowest BCUT2D eigenvalue weighted by atomic mass is 9.85. The summed E-state index contributed by atoms with van der Waals surface area (Å²) in [7, 11) is -3.75. The molecule has 1 aliphatic rings. The highest BCUT2D eigenvalue weighted by Gasteiger charge is 2.31. The summed E-state index contributed by atoms with van der Waals surface area (Å²) >= 11 is 0. The van der Waals surface area contributed by atoms with Crippen molar-refractivity contribution in [3.8, 4) is 5.88 Å². The van der Waals surface area contributed by atoms with Crippen LogP contribution in [0.15, 0.2) is 65.6 Å². The van der Waals surface area contributed by atoms with Gasteiger partial charge in [0, 0.05) is 23.4 Å². The largest absolute Gasteiger partial charge is 0.478 e. The third-order valence-electron chi connectivity index (χ3n) is 6.97. The summed E-state index contributed by atoms with van der Waals surface area (Å²) in [5, 5.41) is 3.75. The fraction of sp³-hybridized carbons (Fsp3) is 0.452. The van der Waals surface area contributed by atoms with E-state index in [1.807, 2.05) is 58.0 Å². The molecule has 220 valence electrons. The van der Waals surface area contributed by atoms with E-state index in [0.717, 1.165) is 5.56 Å². The van der Waals surface area contributed by atoms with Gasteiger partial charge in [-0.3, -0.25) is 9.59 Å². The normalized spacial score (nSPS) is 18.4. The second-order valence-corrected chi connectivity index (χ2v) is 13.1. The van der Waals surface area contributed by atoms with Gasteiger partial charge in [0.2, 0.25) is 21.8 Å². The number of rotatable bonds is 10. The fourth-order valence-electron chi connectivity index (χ4n) is 5.02. The molecule has 1 aliphatic carbocycles. The summed E-state index contributed by atoms with van der Waals surface area (Å²) < 4.78 is 40.0. The predicted octanol–water partition coefficient (Wildman–Crippen LogP) is 5.06. The molecule has 0 unspecified atom stereocenters. The summed E-state index contributed by atoms with van der Waals surface area (Å²) in [5.41, 5.74) is 0.861. The number of amides is 1. The molecule has 1 atom stereocenters. The molecule has 2 N–H and O–H groups in total. The lowest BCUT2D eigenvalue weighted by molar-refractivity contribution is -0.155. The molecule has 2 aromatic carbocycles. The minimum Gasteiger partial charge on any atom is -0.478 e. The van der Waals surface area contributed by atoms with Gasteiger partial charge in [-0.05, 0) is 83.2 Å². The summed E-state index contributed by atoms with van der Waals surface area (Å²) in [5.74, 6) is -0.303. The summed E-state index contributed by atoms with van der Waals surface area (Å²) in [6.45, 7) is 7.80. The molecular formula is C31H39N3O6S. The van der Waals surface area contributed by atoms with Gasteiger partial charge in [0.05, 0.1) is 29.5 Å². The second-order valence-electron chi connectivity index (χ2n) is 11.4. The molecule has 1 heterocycles. The van der Waals surface area contributed by atoms with Gasteiger partial charge >= 0.3 is 5.97 Å². The standard InChI is InChI=1S/C31H39N3O6S/c1-5-39-28-18-13-23-19-25(16-17-26(23)32-28)41(37,38)34-24-14-11-22(12-15-24)30(36)33-27(21-9-7-6-8-10-21)20-29(35)40-31(2,3)4/h6-10,13,16-19,22,24,27,34H,5,11-12,14-15,20H2,1-4H3,(H,33,36)/t22-,24-,27-/m1/s1. The maximum atomic E-state index is 13.2. The van der Waals surface area contributed by atoms with Gasteiger partial charge in [-0.15, -0.1) is 0 Å². The molecule has 0 bridgehead atoms. The molecule has 9 nitrogen and oxygen atoms in total. The number of ether oxygens (including phenoxy) is 2. The van der Waals surface area contributed by atoms with Gasteiger partial charge in [-0.2, -0.15) is 0 Å². The molecule has 0 saturated heterocycles. The van der Waals surface area contributed by atoms with E-state index in [-0.39, 0.29) is 35.2 Å². The number of nitrogens with one attached hydrogen (secondary N) is 2. The Morgan fingerprint density at radius 1 is 1.00 bits per heavy atom. The second kappa shape index (κ2) is 13.0. The van der Waals surface area contributed by atoms with E-state index in [4.69, 9.17) is 9.47 Å². The van der Waals surface area contributed by atoms with Crippen LogP contribution in [0.2, 0.25) is 0 Å². The van der Waals surface area contributed by atoms with Crippen LogP contribution in [0.3, 0.4) is 0 Å². The van der Waals surface area contributed by atoms with Crippen LogP contribution in [0, 0.1) is 5.92 Å². The number of esters is 1. The first-order chi connectivity index (χ1) is 19.4. The number of nitrogens with zero attached hydrogens (tertiary/aromatic N) is 1. The van der Waals surface area contributed by atoms with E-state index in [2.05, 4.69) is 15.0 Å². The minimum atomic E-state index is -3.75. The van der Waals surface area contributed by atoms with Gasteiger partial charge in [0.25, 0.3) is 0 Å². The highest BCUT2D eigenvalue weighted by molar-refractivity contribution is 7.89. The zero-order valence-corrected chi connectivity index (χ0v) is 24.9. The molecular weight excluding hydrogens is 542 g/mol. The first-order valence-electron chi connectivity index (χ1n) is 14.1. The molecule has 1 fully saturated rings. The Balaban J connectivity index is 1.35. The highest BCUT2D eigenvalue weighted by atomic mass is 32.2. The molecule has 0 radical (unpaired) electrons. The number of hydrogen-bond donors (Lipinski definition) is 2. The van der Waals surface area contributed by atoms with Gasteiger partial charge in [-0.25, -0.2) is 18.1 Å². The van der Waals surface area contributed by atoms with Gasteiger partial charge in [0.1, 0.15) is 5.60 Å². The molecule has 1 aromatic heterocycles. The number of carbonyl (C=O) groups is 2. The average Bonchev–Trinajstić information content (AvgIpc) is 2.92. The van der Waals surface area contributed by atoms with E-state index < -0.39 is 21.7 Å². The maximum absolute atomic E-state index is 13.2. The van der Waals surface area contributed by atoms with Crippen LogP contribution in [0.1, 0.15) is 71.4 Å². The molecule has 41 heavy (non-hydrogen) atoms. The van der Waals surface area contributed by atoms with Crippen LogP contribution in [0.5, 0.6) is 5.88 Å². The van der Waals surface area contributed by atoms with Crippen molar-refractivity contribution in [1.82, 2.24) is 15.0 Å². The van der Waals surface area contributed by atoms with Crippen molar-refractivity contribution in [2.45, 2.75) is 82.4 Å². The number of sulfonamides is 1. The van der Waals surface area contributed by atoms with Gasteiger partial charge in [-0.1, -0.05) is 30.3 Å². The maximum Gasteiger partial charge on any atom is 0.308 e. The molecule has 1 saturated carbocycles. The Kier molecular flexibility index (Phi) is 9.65. The highest BCUT2D eigenvalue weighted by Crippen LogP contribution is 2.28. The molecule has 4 rings (SSSR count). The fourth-order valence-corrected chi connectivity index (χ4v) is 6.36. The van der Waals surface area contributed by atoms with E-state index in [9.17, 15) is 18.0 Å². The summed E-state index contributed by atoms with van der Waals surface area (Å²) in [6, 6.07) is 16.9. The Morgan fingerprint density at radius 3 is 2.37 bits per heavy atom. The van der Waals surface area contributed by atoms with Crippen LogP contribution in [0.25, 0.3) is 10.9 Å². The lowest BCUT2D eigenvalue weighted by Gasteiger charge is -2.30. The Labute approximate surface area is 242 Å². The van der Waals surface area contributed by atoms with E-state index >= 15 is 0 Å². The van der Waals surface area contributed by atoms with Crippen LogP contribution in [-0.4, -0.2) is 43.5 Å². The van der Waals surface area contributed by atoms with E-state index in [1.165, 1.54) is 0 Å². The van der Waals surface area contributed by atoms with Crippen molar-refractivity contribution in [2.75, 3.05) is 6.61 Å². The van der Waals surface area contributed by atoms with Crippen LogP contribution >= 0.6 is 0 Å². The van der Waals surface area contributed by atoms with Crippen molar-refractivity contribution in [1.29, 1.82) is 0 Å². The summed E-state index contributed by atoms with van der Waals surface area (Å²) in [6.07, 6.45) is 2.17. The quantitative estimate of drug-likeness (QED) is 0.321. The van der Waals surface area contributed by atoms with Crippen LogP contribution in [-0.2, 0) is 24.3 Å². The Morgan fingerprint density at radius 2 is 1.71 bits per heavy atom. The SMILES string of the molecule is CCOc1ccc2cc(S(=O)(=O)N[C@H]3CC[C@H](C(=O)N[C@H](CC(=O)OC(C)(C)C)c4ccccc4)CC3)ccc2n1. The molecule has 0 spiro atoms. The Bertz CT molecular complexity index is 1460. The molecule has 10 heteroatoms. The Hall–Kier alpha value is -3.50. The zero-order chi connectivity index (χ0) is 29.6. The third kappa shape index (κ3) is 8.50. The van der Waals surface area contributed by atoms with E-state index in [0.29, 0.717) is 49.1 Å². The minimum absolute atomic E-state index is 0.0242. The number of fused-ring (bicyclic) bond motifs is 1. The smallest absolute Gasteiger partial charge is 0.308 e. The van der Waals surface area contributed by atoms with Crippen molar-refractivity contribution in [3.05, 3.63) is 66.2 Å². The predicted molar refractivity (Wildman–Crippen MR) is 157 cm³/mol. The van der Waals surface area contributed by atoms with E-state index in [1.54, 1.807) is 30.3 Å². The van der Waals surface area contributed by atoms with Crippen molar-refractivity contribution in [2.24, 2.45) is 5.92 Å². The summed E-state index contributed by atoms with van der Waals surface area (Å²) in [4.78, 5) is 30.4. The van der Waals surface area contributed by atoms with Crippen molar-refractivity contribution >= 4 is 32.8 Å². The molecule has 3 aromatic rings. The van der Waals surface area contributed by atoms with Crippen molar-refractivity contribution < 1.29 is 27.5 Å². The van der Waals surface area contributed by atoms with Gasteiger partial charge in [0.15, 0.2) is 0 Å². The first kappa shape index (κ1) is 30.5. The zero-order valence-electron chi connectivity index (χ0n) is 24.1. The number of pyridine rings is 1. The van der Waals surface area contributed by atoms with Crippen molar-refractivity contribution in [3.63, 3.8) is 0 Å². The number of benzene rings is 2. The molecule has 0 aliphatic heterocycles. The third-order valence-corrected chi connectivity index (χ3v) is 8.48.